The van der Waals surface area contributed by atoms with Gasteiger partial charge >= 0.3 is 12.0 Å². The van der Waals surface area contributed by atoms with Crippen molar-refractivity contribution >= 4 is 12.0 Å². The minimum Gasteiger partial charge on any atom is -0.489 e. The molecule has 2 amide bonds. The number of hydrogen-bond donors (Lipinski definition) is 3. The van der Waals surface area contributed by atoms with Crippen molar-refractivity contribution in [3.63, 3.8) is 0 Å². The number of nitrogens with zero attached hydrogens (tertiary/aromatic N) is 2. The van der Waals surface area contributed by atoms with Gasteiger partial charge < -0.3 is 25.0 Å². The molecular weight excluding hydrogens is 436 g/mol. The zero-order valence-corrected chi connectivity index (χ0v) is 19.0. The third kappa shape index (κ3) is 5.92. The SMILES string of the molecule is Cc1noc(-c2ccc(O[C@H]3CCC[C@H](C(=O)O)C3)cn2)c1CNC(=O)NCc1ccccc1. The summed E-state index contributed by atoms with van der Waals surface area (Å²) in [4.78, 5) is 27.9. The van der Waals surface area contributed by atoms with Gasteiger partial charge in [-0.15, -0.1) is 0 Å². The molecule has 178 valence electrons. The molecule has 9 heteroatoms. The van der Waals surface area contributed by atoms with Crippen LogP contribution in [-0.2, 0) is 17.9 Å². The molecule has 1 fully saturated rings. The van der Waals surface area contributed by atoms with Gasteiger partial charge in [0.25, 0.3) is 0 Å². The molecule has 3 N–H and O–H groups in total. The molecule has 0 unspecified atom stereocenters. The van der Waals surface area contributed by atoms with E-state index in [0.29, 0.717) is 42.3 Å². The number of aromatic nitrogens is 2. The summed E-state index contributed by atoms with van der Waals surface area (Å²) in [5.74, 6) is -0.0625. The lowest BCUT2D eigenvalue weighted by Gasteiger charge is -2.27. The maximum Gasteiger partial charge on any atom is 0.315 e. The lowest BCUT2D eigenvalue weighted by molar-refractivity contribution is -0.143. The van der Waals surface area contributed by atoms with Crippen molar-refractivity contribution < 1.29 is 24.0 Å². The van der Waals surface area contributed by atoms with Gasteiger partial charge in [-0.05, 0) is 50.3 Å². The molecule has 2 atom stereocenters. The van der Waals surface area contributed by atoms with E-state index in [1.807, 2.05) is 37.3 Å². The van der Waals surface area contributed by atoms with E-state index in [9.17, 15) is 14.7 Å². The number of urea groups is 1. The molecule has 0 saturated heterocycles. The zero-order valence-electron chi connectivity index (χ0n) is 19.0. The molecule has 4 rings (SSSR count). The highest BCUT2D eigenvalue weighted by molar-refractivity contribution is 5.74. The monoisotopic (exact) mass is 464 g/mol. The van der Waals surface area contributed by atoms with Gasteiger partial charge in [0.2, 0.25) is 0 Å². The summed E-state index contributed by atoms with van der Waals surface area (Å²) >= 11 is 0. The molecule has 34 heavy (non-hydrogen) atoms. The first kappa shape index (κ1) is 23.3. The number of amides is 2. The maximum atomic E-state index is 12.2. The predicted octanol–water partition coefficient (Wildman–Crippen LogP) is 4.07. The molecule has 1 aromatic carbocycles. The minimum absolute atomic E-state index is 0.135. The molecule has 9 nitrogen and oxygen atoms in total. The van der Waals surface area contributed by atoms with Crippen LogP contribution >= 0.6 is 0 Å². The highest BCUT2D eigenvalue weighted by Crippen LogP contribution is 2.29. The quantitative estimate of drug-likeness (QED) is 0.459. The number of carboxylic acid groups (broad SMARTS) is 1. The smallest absolute Gasteiger partial charge is 0.315 e. The fourth-order valence-electron chi connectivity index (χ4n) is 4.06. The molecule has 0 aliphatic heterocycles. The Morgan fingerprint density at radius 2 is 1.91 bits per heavy atom. The molecule has 2 heterocycles. The summed E-state index contributed by atoms with van der Waals surface area (Å²) < 4.78 is 11.5. The van der Waals surface area contributed by atoms with E-state index in [4.69, 9.17) is 9.26 Å². The average molecular weight is 465 g/mol. The van der Waals surface area contributed by atoms with E-state index < -0.39 is 5.97 Å². The highest BCUT2D eigenvalue weighted by Gasteiger charge is 2.28. The lowest BCUT2D eigenvalue weighted by atomic mass is 9.87. The molecule has 3 aromatic rings. The van der Waals surface area contributed by atoms with E-state index in [0.717, 1.165) is 24.0 Å². The Morgan fingerprint density at radius 3 is 2.65 bits per heavy atom. The molecule has 2 aromatic heterocycles. The van der Waals surface area contributed by atoms with Gasteiger partial charge in [0.1, 0.15) is 11.4 Å². The number of carboxylic acids is 1. The summed E-state index contributed by atoms with van der Waals surface area (Å²) in [6.07, 6.45) is 4.32. The Morgan fingerprint density at radius 1 is 1.12 bits per heavy atom. The van der Waals surface area contributed by atoms with E-state index in [-0.39, 0.29) is 24.6 Å². The van der Waals surface area contributed by atoms with E-state index >= 15 is 0 Å². The molecule has 0 radical (unpaired) electrons. The Kier molecular flexibility index (Phi) is 7.41. The topological polar surface area (TPSA) is 127 Å². The second kappa shape index (κ2) is 10.8. The van der Waals surface area contributed by atoms with Crippen LogP contribution in [0.25, 0.3) is 11.5 Å². The summed E-state index contributed by atoms with van der Waals surface area (Å²) in [5, 5.41) is 19.0. The fraction of sp³-hybridized carbons (Fsp3) is 0.360. The Hall–Kier alpha value is -3.88. The van der Waals surface area contributed by atoms with E-state index in [1.165, 1.54) is 0 Å². The molecule has 0 bridgehead atoms. The second-order valence-corrected chi connectivity index (χ2v) is 8.42. The van der Waals surface area contributed by atoms with Crippen LogP contribution in [0.2, 0.25) is 0 Å². The summed E-state index contributed by atoms with van der Waals surface area (Å²) in [6.45, 7) is 2.48. The summed E-state index contributed by atoms with van der Waals surface area (Å²) in [5.41, 5.74) is 2.99. The summed E-state index contributed by atoms with van der Waals surface area (Å²) in [7, 11) is 0. The van der Waals surface area contributed by atoms with Crippen molar-refractivity contribution in [1.82, 2.24) is 20.8 Å². The van der Waals surface area contributed by atoms with Crippen LogP contribution in [0, 0.1) is 12.8 Å². The minimum atomic E-state index is -0.766. The standard InChI is InChI=1S/C25H28N4O5/c1-16-21(15-28-25(32)27-13-17-6-3-2-4-7-17)23(34-29-16)22-11-10-20(14-26-22)33-19-9-5-8-18(12-19)24(30)31/h2-4,6-7,10-11,14,18-19H,5,8-9,12-13,15H2,1H3,(H,30,31)(H2,27,28,32)/t18-,19-/m0/s1. The number of hydrogen-bond acceptors (Lipinski definition) is 6. The Balaban J connectivity index is 1.34. The van der Waals surface area contributed by atoms with Crippen LogP contribution in [0.1, 0.15) is 42.5 Å². The van der Waals surface area contributed by atoms with Crippen molar-refractivity contribution in [3.05, 3.63) is 65.5 Å². The zero-order chi connectivity index (χ0) is 23.9. The molecule has 1 saturated carbocycles. The first-order chi connectivity index (χ1) is 16.5. The Bertz CT molecular complexity index is 1110. The normalized spacial score (nSPS) is 17.7. The average Bonchev–Trinajstić information content (AvgIpc) is 3.23. The first-order valence-corrected chi connectivity index (χ1v) is 11.4. The second-order valence-electron chi connectivity index (χ2n) is 8.42. The number of ether oxygens (including phenoxy) is 1. The van der Waals surface area contributed by atoms with Gasteiger partial charge in [0, 0.05) is 12.1 Å². The number of carbonyl (C=O) groups is 2. The molecule has 1 aliphatic rings. The van der Waals surface area contributed by atoms with Crippen molar-refractivity contribution in [2.45, 2.75) is 51.8 Å². The predicted molar refractivity (Wildman–Crippen MR) is 124 cm³/mol. The van der Waals surface area contributed by atoms with Crippen molar-refractivity contribution in [1.29, 1.82) is 0 Å². The number of aliphatic carboxylic acids is 1. The van der Waals surface area contributed by atoms with Crippen LogP contribution < -0.4 is 15.4 Å². The van der Waals surface area contributed by atoms with Gasteiger partial charge in [-0.2, -0.15) is 0 Å². The number of aryl methyl sites for hydroxylation is 1. The van der Waals surface area contributed by atoms with Crippen LogP contribution in [0.3, 0.4) is 0 Å². The van der Waals surface area contributed by atoms with Gasteiger partial charge in [-0.3, -0.25) is 4.79 Å². The van der Waals surface area contributed by atoms with Crippen LogP contribution in [0.15, 0.2) is 53.2 Å². The number of carbonyl (C=O) groups excluding carboxylic acids is 1. The fourth-order valence-corrected chi connectivity index (χ4v) is 4.06. The number of benzene rings is 1. The lowest BCUT2D eigenvalue weighted by Crippen LogP contribution is -2.34. The number of nitrogens with one attached hydrogen (secondary N) is 2. The van der Waals surface area contributed by atoms with Gasteiger partial charge in [0.05, 0.1) is 30.5 Å². The van der Waals surface area contributed by atoms with Gasteiger partial charge in [0.15, 0.2) is 5.76 Å². The molecule has 0 spiro atoms. The van der Waals surface area contributed by atoms with E-state index in [1.54, 1.807) is 18.3 Å². The molecular formula is C25H28N4O5. The number of rotatable bonds is 8. The summed E-state index contributed by atoms with van der Waals surface area (Å²) in [6, 6.07) is 12.9. The van der Waals surface area contributed by atoms with E-state index in [2.05, 4.69) is 20.8 Å². The van der Waals surface area contributed by atoms with Gasteiger partial charge in [-0.25, -0.2) is 9.78 Å². The van der Waals surface area contributed by atoms with Gasteiger partial charge in [-0.1, -0.05) is 35.5 Å². The van der Waals surface area contributed by atoms with Crippen LogP contribution in [-0.4, -0.2) is 33.4 Å². The Labute approximate surface area is 197 Å². The van der Waals surface area contributed by atoms with Crippen molar-refractivity contribution in [2.75, 3.05) is 0 Å². The largest absolute Gasteiger partial charge is 0.489 e. The maximum absolute atomic E-state index is 12.2. The first-order valence-electron chi connectivity index (χ1n) is 11.4. The van der Waals surface area contributed by atoms with Crippen molar-refractivity contribution in [3.8, 4) is 17.2 Å². The molecule has 1 aliphatic carbocycles. The van der Waals surface area contributed by atoms with Crippen LogP contribution in [0.4, 0.5) is 4.79 Å². The van der Waals surface area contributed by atoms with Crippen LogP contribution in [0.5, 0.6) is 5.75 Å². The highest BCUT2D eigenvalue weighted by atomic mass is 16.5. The third-order valence-electron chi connectivity index (χ3n) is 5.95. The number of pyridine rings is 1. The van der Waals surface area contributed by atoms with Crippen molar-refractivity contribution in [2.24, 2.45) is 5.92 Å². The third-order valence-corrected chi connectivity index (χ3v) is 5.95.